The third-order valence-electron chi connectivity index (χ3n) is 5.19. The van der Waals surface area contributed by atoms with Crippen LogP contribution in [0.1, 0.15) is 16.7 Å². The van der Waals surface area contributed by atoms with E-state index in [0.29, 0.717) is 6.61 Å². The summed E-state index contributed by atoms with van der Waals surface area (Å²) >= 11 is 0. The van der Waals surface area contributed by atoms with Gasteiger partial charge in [-0.15, -0.1) is 0 Å². The van der Waals surface area contributed by atoms with E-state index in [1.165, 1.54) is 32.6 Å². The van der Waals surface area contributed by atoms with Gasteiger partial charge in [0.15, 0.2) is 0 Å². The van der Waals surface area contributed by atoms with Crippen LogP contribution in [0.15, 0.2) is 72.8 Å². The van der Waals surface area contributed by atoms with Crippen LogP contribution >= 0.6 is 6.89 Å². The average Bonchev–Trinajstić information content (AvgIpc) is 2.72. The van der Waals surface area contributed by atoms with E-state index < -0.39 is 6.89 Å². The number of aryl methyl sites for hydroxylation is 1. The lowest BCUT2D eigenvalue weighted by Crippen LogP contribution is -2.29. The SMILES string of the molecule is Cc1ccc(P(=COCC[Si])(c2ccccc2)c2ccccc2)c(C)c1C. The molecule has 137 valence electrons. The molecule has 0 spiro atoms. The summed E-state index contributed by atoms with van der Waals surface area (Å²) in [5, 5.41) is 4.00. The van der Waals surface area contributed by atoms with Gasteiger partial charge in [-0.1, -0.05) is 72.8 Å². The van der Waals surface area contributed by atoms with Crippen LogP contribution in [0.3, 0.4) is 0 Å². The van der Waals surface area contributed by atoms with Crippen molar-refractivity contribution in [2.24, 2.45) is 0 Å². The molecular formula is C24H26OPSi. The van der Waals surface area contributed by atoms with Gasteiger partial charge >= 0.3 is 0 Å². The van der Waals surface area contributed by atoms with Crippen LogP contribution < -0.4 is 15.9 Å². The van der Waals surface area contributed by atoms with Gasteiger partial charge < -0.3 is 4.74 Å². The molecule has 3 rings (SSSR count). The van der Waals surface area contributed by atoms with Crippen molar-refractivity contribution in [3.05, 3.63) is 89.5 Å². The lowest BCUT2D eigenvalue weighted by Gasteiger charge is -2.30. The van der Waals surface area contributed by atoms with Gasteiger partial charge in [0.2, 0.25) is 0 Å². The first kappa shape index (κ1) is 19.9. The van der Waals surface area contributed by atoms with Gasteiger partial charge in [-0.3, -0.25) is 0 Å². The second kappa shape index (κ2) is 8.88. The molecule has 0 aliphatic carbocycles. The molecule has 3 radical (unpaired) electrons. The number of benzene rings is 3. The highest BCUT2D eigenvalue weighted by molar-refractivity contribution is 7.94. The molecule has 1 nitrogen and oxygen atoms in total. The minimum atomic E-state index is -2.04. The molecule has 0 saturated carbocycles. The van der Waals surface area contributed by atoms with Gasteiger partial charge in [0, 0.05) is 29.7 Å². The molecule has 0 saturated heterocycles. The molecular weight excluding hydrogens is 363 g/mol. The molecule has 0 N–H and O–H groups in total. The van der Waals surface area contributed by atoms with E-state index in [9.17, 15) is 0 Å². The lowest BCUT2D eigenvalue weighted by molar-refractivity contribution is 0.351. The number of rotatable bonds is 6. The number of hydrogen-bond donors (Lipinski definition) is 0. The summed E-state index contributed by atoms with van der Waals surface area (Å²) in [6, 6.07) is 27.0. The summed E-state index contributed by atoms with van der Waals surface area (Å²) in [4.78, 5) is 0. The predicted octanol–water partition coefficient (Wildman–Crippen LogP) is 4.27. The van der Waals surface area contributed by atoms with E-state index in [1.807, 2.05) is 0 Å². The van der Waals surface area contributed by atoms with Gasteiger partial charge in [-0.25, -0.2) is 0 Å². The zero-order valence-electron chi connectivity index (χ0n) is 16.3. The van der Waals surface area contributed by atoms with Gasteiger partial charge in [0.1, 0.15) is 0 Å². The second-order valence-corrected chi connectivity index (χ2v) is 10.4. The van der Waals surface area contributed by atoms with E-state index in [0.717, 1.165) is 6.04 Å². The summed E-state index contributed by atoms with van der Waals surface area (Å²) in [7, 11) is 3.54. The molecule has 27 heavy (non-hydrogen) atoms. The molecule has 0 aliphatic heterocycles. The largest absolute Gasteiger partial charge is 0.353 e. The highest BCUT2D eigenvalue weighted by Crippen LogP contribution is 2.45. The Morgan fingerprint density at radius 1 is 0.778 bits per heavy atom. The Morgan fingerprint density at radius 2 is 1.33 bits per heavy atom. The Kier molecular flexibility index (Phi) is 6.54. The maximum atomic E-state index is 6.11. The quantitative estimate of drug-likeness (QED) is 0.348. The maximum Gasteiger partial charge on any atom is 0.0495 e. The summed E-state index contributed by atoms with van der Waals surface area (Å²) < 4.78 is 6.11. The van der Waals surface area contributed by atoms with Gasteiger partial charge in [0.25, 0.3) is 0 Å². The fourth-order valence-electron chi connectivity index (χ4n) is 3.48. The third-order valence-corrected chi connectivity index (χ3v) is 9.33. The van der Waals surface area contributed by atoms with Crippen LogP contribution in [0, 0.1) is 20.8 Å². The predicted molar refractivity (Wildman–Crippen MR) is 122 cm³/mol. The van der Waals surface area contributed by atoms with E-state index in [2.05, 4.69) is 110 Å². The fourth-order valence-corrected chi connectivity index (χ4v) is 7.43. The molecule has 3 heteroatoms. The van der Waals surface area contributed by atoms with Crippen LogP contribution in [0.2, 0.25) is 6.04 Å². The standard InChI is InChI=1S/C24H26OPSi/c1-19-14-15-24(21(3)20(19)2)26(18-25-16-17-27,22-10-6-4-7-11-22)23-12-8-5-9-13-23/h4-15,18H,16-17H2,1-3H3. The zero-order chi connectivity index (χ0) is 19.3. The zero-order valence-corrected chi connectivity index (χ0v) is 18.2. The van der Waals surface area contributed by atoms with Crippen molar-refractivity contribution < 1.29 is 4.74 Å². The number of hydrogen-bond acceptors (Lipinski definition) is 1. The van der Waals surface area contributed by atoms with E-state index in [4.69, 9.17) is 4.74 Å². The highest BCUT2D eigenvalue weighted by Gasteiger charge is 2.27. The van der Waals surface area contributed by atoms with Crippen molar-refractivity contribution in [2.75, 3.05) is 6.61 Å². The third kappa shape index (κ3) is 3.89. The first-order chi connectivity index (χ1) is 13.1. The van der Waals surface area contributed by atoms with Crippen LogP contribution in [-0.4, -0.2) is 22.8 Å². The maximum absolute atomic E-state index is 6.11. The molecule has 0 fully saturated rings. The summed E-state index contributed by atoms with van der Waals surface area (Å²) in [6.45, 7) is 5.27. The highest BCUT2D eigenvalue weighted by atomic mass is 31.2. The molecule has 3 aromatic rings. The molecule has 0 heterocycles. The Bertz CT molecular complexity index is 905. The Hall–Kier alpha value is -1.86. The van der Waals surface area contributed by atoms with Crippen molar-refractivity contribution in [2.45, 2.75) is 26.8 Å². The van der Waals surface area contributed by atoms with Crippen LogP contribution in [0.25, 0.3) is 0 Å². The van der Waals surface area contributed by atoms with E-state index >= 15 is 0 Å². The van der Waals surface area contributed by atoms with E-state index in [1.54, 1.807) is 0 Å². The topological polar surface area (TPSA) is 9.23 Å². The Labute approximate surface area is 166 Å². The minimum absolute atomic E-state index is 0.655. The summed E-state index contributed by atoms with van der Waals surface area (Å²) in [5.41, 5.74) is 4.04. The van der Waals surface area contributed by atoms with Gasteiger partial charge in [-0.2, -0.15) is 0 Å². The normalized spacial score (nSPS) is 11.4. The molecule has 0 unspecified atom stereocenters. The van der Waals surface area contributed by atoms with E-state index in [-0.39, 0.29) is 0 Å². The molecule has 0 bridgehead atoms. The van der Waals surface area contributed by atoms with Crippen molar-refractivity contribution >= 4 is 39.0 Å². The smallest absolute Gasteiger partial charge is 0.0495 e. The van der Waals surface area contributed by atoms with Crippen molar-refractivity contribution in [3.8, 4) is 0 Å². The van der Waals surface area contributed by atoms with Crippen molar-refractivity contribution in [3.63, 3.8) is 0 Å². The Balaban J connectivity index is 2.41. The second-order valence-electron chi connectivity index (χ2n) is 6.77. The fraction of sp³-hybridized carbons (Fsp3) is 0.208. The molecule has 0 aromatic heterocycles. The molecule has 0 atom stereocenters. The van der Waals surface area contributed by atoms with Crippen molar-refractivity contribution in [1.82, 2.24) is 0 Å². The monoisotopic (exact) mass is 389 g/mol. The molecule has 0 amide bonds. The number of ether oxygens (including phenoxy) is 1. The summed E-state index contributed by atoms with van der Waals surface area (Å²) in [5.74, 6) is 2.13. The van der Waals surface area contributed by atoms with Crippen LogP contribution in [-0.2, 0) is 4.74 Å². The minimum Gasteiger partial charge on any atom is -0.353 e. The first-order valence-corrected chi connectivity index (χ1v) is 11.9. The van der Waals surface area contributed by atoms with Crippen molar-refractivity contribution in [1.29, 1.82) is 0 Å². The Morgan fingerprint density at radius 3 is 1.85 bits per heavy atom. The summed E-state index contributed by atoms with van der Waals surface area (Å²) in [6.07, 6.45) is 0. The lowest BCUT2D eigenvalue weighted by atomic mass is 10.1. The average molecular weight is 390 g/mol. The van der Waals surface area contributed by atoms with Gasteiger partial charge in [-0.05, 0) is 59.4 Å². The van der Waals surface area contributed by atoms with Crippen LogP contribution in [0.4, 0.5) is 0 Å². The first-order valence-electron chi connectivity index (χ1n) is 9.29. The van der Waals surface area contributed by atoms with Crippen LogP contribution in [0.5, 0.6) is 0 Å². The molecule has 0 aliphatic rings. The molecule has 3 aromatic carbocycles. The van der Waals surface area contributed by atoms with Gasteiger partial charge in [0.05, 0.1) is 0 Å².